The van der Waals surface area contributed by atoms with Crippen molar-refractivity contribution in [2.75, 3.05) is 0 Å². The van der Waals surface area contributed by atoms with Gasteiger partial charge in [-0.05, 0) is 64.8 Å². The Bertz CT molecular complexity index is 534. The highest BCUT2D eigenvalue weighted by atomic mass is 127. The fourth-order valence-corrected chi connectivity index (χ4v) is 2.99. The molecule has 0 aliphatic carbocycles. The first-order chi connectivity index (χ1) is 8.09. The zero-order valence-corrected chi connectivity index (χ0v) is 12.8. The average molecular weight is 357 g/mol. The lowest BCUT2D eigenvalue weighted by atomic mass is 10.0. The summed E-state index contributed by atoms with van der Waals surface area (Å²) in [7, 11) is 0. The lowest BCUT2D eigenvalue weighted by molar-refractivity contribution is 1.11. The van der Waals surface area contributed by atoms with Crippen LogP contribution in [0.3, 0.4) is 0 Å². The van der Waals surface area contributed by atoms with Gasteiger partial charge in [0.15, 0.2) is 0 Å². The maximum absolute atomic E-state index is 6.56. The number of hydrogen-bond donors (Lipinski definition) is 0. The maximum atomic E-state index is 6.56. The van der Waals surface area contributed by atoms with Crippen molar-refractivity contribution in [3.05, 3.63) is 68.3 Å². The molecular weight excluding hydrogens is 343 g/mol. The van der Waals surface area contributed by atoms with E-state index in [0.717, 1.165) is 0 Å². The highest BCUT2D eigenvalue weighted by molar-refractivity contribution is 14.1. The summed E-state index contributed by atoms with van der Waals surface area (Å²) in [6.45, 7) is 4.24. The fourth-order valence-electron chi connectivity index (χ4n) is 1.78. The molecule has 88 valence electrons. The Morgan fingerprint density at radius 3 is 2.35 bits per heavy atom. The minimum atomic E-state index is -0.0672. The number of benzene rings is 2. The van der Waals surface area contributed by atoms with E-state index in [2.05, 4.69) is 66.8 Å². The molecule has 0 N–H and O–H groups in total. The molecule has 0 amide bonds. The van der Waals surface area contributed by atoms with E-state index in [1.807, 2.05) is 12.1 Å². The molecule has 2 rings (SSSR count). The molecule has 2 aromatic carbocycles. The molecule has 0 saturated heterocycles. The zero-order valence-electron chi connectivity index (χ0n) is 9.87. The molecular formula is C15H14ClI. The Kier molecular flexibility index (Phi) is 4.10. The van der Waals surface area contributed by atoms with Crippen LogP contribution in [0.4, 0.5) is 0 Å². The van der Waals surface area contributed by atoms with Crippen LogP contribution in [0.15, 0.2) is 42.5 Å². The van der Waals surface area contributed by atoms with Crippen molar-refractivity contribution in [1.82, 2.24) is 0 Å². The largest absolute Gasteiger partial charge is 0.113 e. The summed E-state index contributed by atoms with van der Waals surface area (Å²) in [4.78, 5) is 0. The van der Waals surface area contributed by atoms with Crippen LogP contribution in [0.2, 0.25) is 0 Å². The predicted molar refractivity (Wildman–Crippen MR) is 82.8 cm³/mol. The summed E-state index contributed by atoms with van der Waals surface area (Å²) >= 11 is 8.89. The van der Waals surface area contributed by atoms with Gasteiger partial charge in [0.1, 0.15) is 0 Å². The molecule has 0 spiro atoms. The van der Waals surface area contributed by atoms with Gasteiger partial charge in [0, 0.05) is 3.57 Å². The van der Waals surface area contributed by atoms with Crippen LogP contribution < -0.4 is 0 Å². The molecule has 0 radical (unpaired) electrons. The summed E-state index contributed by atoms with van der Waals surface area (Å²) in [6, 6.07) is 14.7. The zero-order chi connectivity index (χ0) is 12.4. The van der Waals surface area contributed by atoms with Gasteiger partial charge in [-0.15, -0.1) is 11.6 Å². The van der Waals surface area contributed by atoms with Gasteiger partial charge in [-0.25, -0.2) is 0 Å². The van der Waals surface area contributed by atoms with Crippen LogP contribution >= 0.6 is 34.2 Å². The number of halogens is 2. The standard InChI is InChI=1S/C15H14ClI/c1-10-7-8-12(9-11(10)2)15(16)13-5-3-4-6-14(13)17/h3-9,15H,1-2H3. The number of aryl methyl sites for hydroxylation is 2. The van der Waals surface area contributed by atoms with Gasteiger partial charge in [0.25, 0.3) is 0 Å². The van der Waals surface area contributed by atoms with Crippen LogP contribution in [0.1, 0.15) is 27.6 Å². The van der Waals surface area contributed by atoms with Crippen molar-refractivity contribution in [3.63, 3.8) is 0 Å². The van der Waals surface area contributed by atoms with Gasteiger partial charge in [-0.3, -0.25) is 0 Å². The minimum Gasteiger partial charge on any atom is -0.113 e. The first kappa shape index (κ1) is 12.9. The summed E-state index contributed by atoms with van der Waals surface area (Å²) < 4.78 is 1.21. The van der Waals surface area contributed by atoms with Gasteiger partial charge in [-0.2, -0.15) is 0 Å². The van der Waals surface area contributed by atoms with Crippen LogP contribution in [-0.4, -0.2) is 0 Å². The molecule has 1 atom stereocenters. The number of rotatable bonds is 2. The van der Waals surface area contributed by atoms with Crippen molar-refractivity contribution in [2.45, 2.75) is 19.2 Å². The first-order valence-corrected chi connectivity index (χ1v) is 7.07. The number of alkyl halides is 1. The van der Waals surface area contributed by atoms with Gasteiger partial charge in [0.05, 0.1) is 5.38 Å². The lowest BCUT2D eigenvalue weighted by Crippen LogP contribution is -1.97. The van der Waals surface area contributed by atoms with E-state index in [0.29, 0.717) is 0 Å². The Balaban J connectivity index is 2.40. The summed E-state index contributed by atoms with van der Waals surface area (Å²) in [5.74, 6) is 0. The van der Waals surface area contributed by atoms with E-state index in [1.165, 1.54) is 25.8 Å². The van der Waals surface area contributed by atoms with Crippen LogP contribution in [0, 0.1) is 17.4 Å². The van der Waals surface area contributed by atoms with Gasteiger partial charge in [0.2, 0.25) is 0 Å². The summed E-state index contributed by atoms with van der Waals surface area (Å²) in [6.07, 6.45) is 0. The second-order valence-electron chi connectivity index (χ2n) is 4.23. The van der Waals surface area contributed by atoms with Crippen LogP contribution in [-0.2, 0) is 0 Å². The van der Waals surface area contributed by atoms with E-state index < -0.39 is 0 Å². The third kappa shape index (κ3) is 2.83. The van der Waals surface area contributed by atoms with Gasteiger partial charge >= 0.3 is 0 Å². The molecule has 0 aliphatic rings. The summed E-state index contributed by atoms with van der Waals surface area (Å²) in [5.41, 5.74) is 4.94. The van der Waals surface area contributed by atoms with Crippen LogP contribution in [0.25, 0.3) is 0 Å². The quantitative estimate of drug-likeness (QED) is 0.510. The second-order valence-corrected chi connectivity index (χ2v) is 5.83. The molecule has 17 heavy (non-hydrogen) atoms. The van der Waals surface area contributed by atoms with Crippen molar-refractivity contribution in [1.29, 1.82) is 0 Å². The monoisotopic (exact) mass is 356 g/mol. The Hall–Kier alpha value is -0.540. The fraction of sp³-hybridized carbons (Fsp3) is 0.200. The van der Waals surface area contributed by atoms with Crippen molar-refractivity contribution in [2.24, 2.45) is 0 Å². The lowest BCUT2D eigenvalue weighted by Gasteiger charge is -2.13. The van der Waals surface area contributed by atoms with Crippen molar-refractivity contribution < 1.29 is 0 Å². The molecule has 0 aliphatic heterocycles. The molecule has 0 saturated carbocycles. The Morgan fingerprint density at radius 1 is 1.00 bits per heavy atom. The SMILES string of the molecule is Cc1ccc(C(Cl)c2ccccc2I)cc1C. The molecule has 0 bridgehead atoms. The minimum absolute atomic E-state index is 0.0672. The second kappa shape index (κ2) is 5.40. The average Bonchev–Trinajstić information content (AvgIpc) is 2.32. The molecule has 1 unspecified atom stereocenters. The molecule has 0 nitrogen and oxygen atoms in total. The molecule has 2 aromatic rings. The Labute approximate surface area is 121 Å². The normalized spacial score (nSPS) is 12.5. The summed E-state index contributed by atoms with van der Waals surface area (Å²) in [5, 5.41) is -0.0672. The van der Waals surface area contributed by atoms with E-state index >= 15 is 0 Å². The van der Waals surface area contributed by atoms with E-state index in [1.54, 1.807) is 0 Å². The predicted octanol–water partition coefficient (Wildman–Crippen LogP) is 5.24. The third-order valence-corrected chi connectivity index (χ3v) is 4.47. The first-order valence-electron chi connectivity index (χ1n) is 5.55. The highest BCUT2D eigenvalue weighted by Crippen LogP contribution is 2.32. The van der Waals surface area contributed by atoms with Crippen LogP contribution in [0.5, 0.6) is 0 Å². The van der Waals surface area contributed by atoms with E-state index in [9.17, 15) is 0 Å². The van der Waals surface area contributed by atoms with Crippen molar-refractivity contribution in [3.8, 4) is 0 Å². The van der Waals surface area contributed by atoms with Gasteiger partial charge in [-0.1, -0.05) is 36.4 Å². The third-order valence-electron chi connectivity index (χ3n) is 3.00. The topological polar surface area (TPSA) is 0 Å². The molecule has 2 heteroatoms. The smallest absolute Gasteiger partial charge is 0.0845 e. The van der Waals surface area contributed by atoms with Crippen molar-refractivity contribution >= 4 is 34.2 Å². The molecule has 0 aromatic heterocycles. The van der Waals surface area contributed by atoms with Gasteiger partial charge < -0.3 is 0 Å². The Morgan fingerprint density at radius 2 is 1.71 bits per heavy atom. The molecule has 0 heterocycles. The maximum Gasteiger partial charge on any atom is 0.0845 e. The van der Waals surface area contributed by atoms with E-state index in [4.69, 9.17) is 11.6 Å². The number of hydrogen-bond acceptors (Lipinski definition) is 0. The van der Waals surface area contributed by atoms with E-state index in [-0.39, 0.29) is 5.38 Å². The highest BCUT2D eigenvalue weighted by Gasteiger charge is 2.13. The molecule has 0 fully saturated rings.